The van der Waals surface area contributed by atoms with Crippen molar-refractivity contribution >= 4 is 0 Å². The Hall–Kier alpha value is -1.57. The van der Waals surface area contributed by atoms with Gasteiger partial charge in [-0.05, 0) is 30.7 Å². The van der Waals surface area contributed by atoms with Crippen LogP contribution in [0, 0.1) is 11.3 Å². The summed E-state index contributed by atoms with van der Waals surface area (Å²) in [4.78, 5) is 2.25. The molecule has 0 atom stereocenters. The maximum atomic E-state index is 8.92. The molecule has 0 bridgehead atoms. The number of nitriles is 1. The van der Waals surface area contributed by atoms with Gasteiger partial charge in [-0.15, -0.1) is 0 Å². The summed E-state index contributed by atoms with van der Waals surface area (Å²) >= 11 is 0. The molecule has 1 aromatic carbocycles. The molecule has 18 heavy (non-hydrogen) atoms. The Morgan fingerprint density at radius 2 is 2.22 bits per heavy atom. The molecule has 0 radical (unpaired) electrons. The van der Waals surface area contributed by atoms with Gasteiger partial charge < -0.3 is 9.84 Å². The predicted molar refractivity (Wildman–Crippen MR) is 70.4 cm³/mol. The first-order chi connectivity index (χ1) is 8.74. The van der Waals surface area contributed by atoms with Crippen LogP contribution in [0.4, 0.5) is 0 Å². The lowest BCUT2D eigenvalue weighted by atomic mass is 10.1. The van der Waals surface area contributed by atoms with Crippen LogP contribution in [-0.4, -0.2) is 36.8 Å². The molecular weight excluding hydrogens is 228 g/mol. The predicted octanol–water partition coefficient (Wildman–Crippen LogP) is 1.77. The van der Waals surface area contributed by atoms with Crippen molar-refractivity contribution in [3.63, 3.8) is 0 Å². The van der Waals surface area contributed by atoms with Crippen LogP contribution in [0.1, 0.15) is 24.5 Å². The van der Waals surface area contributed by atoms with Crippen molar-refractivity contribution in [2.75, 3.05) is 26.8 Å². The van der Waals surface area contributed by atoms with Gasteiger partial charge >= 0.3 is 0 Å². The van der Waals surface area contributed by atoms with E-state index in [1.165, 1.54) is 0 Å². The van der Waals surface area contributed by atoms with Crippen molar-refractivity contribution in [3.8, 4) is 11.8 Å². The number of rotatable bonds is 7. The van der Waals surface area contributed by atoms with E-state index in [1.54, 1.807) is 13.2 Å². The van der Waals surface area contributed by atoms with Crippen molar-refractivity contribution in [1.82, 2.24) is 4.90 Å². The SMILES string of the molecule is CCN(CCCO)Cc1ccc(C#N)c(OC)c1. The molecule has 0 saturated heterocycles. The van der Waals surface area contributed by atoms with Crippen LogP contribution >= 0.6 is 0 Å². The molecule has 98 valence electrons. The van der Waals surface area contributed by atoms with Gasteiger partial charge in [-0.25, -0.2) is 0 Å². The summed E-state index contributed by atoms with van der Waals surface area (Å²) in [6.07, 6.45) is 0.779. The number of ether oxygens (including phenoxy) is 1. The smallest absolute Gasteiger partial charge is 0.136 e. The Kier molecular flexibility index (Phi) is 6.20. The molecule has 0 aliphatic carbocycles. The van der Waals surface area contributed by atoms with Gasteiger partial charge in [0.2, 0.25) is 0 Å². The van der Waals surface area contributed by atoms with Gasteiger partial charge in [0.25, 0.3) is 0 Å². The van der Waals surface area contributed by atoms with Gasteiger partial charge in [-0.3, -0.25) is 4.90 Å². The molecule has 0 aliphatic rings. The molecule has 0 amide bonds. The van der Waals surface area contributed by atoms with E-state index in [9.17, 15) is 0 Å². The molecule has 0 heterocycles. The highest BCUT2D eigenvalue weighted by molar-refractivity contribution is 5.45. The Labute approximate surface area is 108 Å². The molecule has 1 N–H and O–H groups in total. The quantitative estimate of drug-likeness (QED) is 0.799. The minimum Gasteiger partial charge on any atom is -0.495 e. The third kappa shape index (κ3) is 4.02. The van der Waals surface area contributed by atoms with Crippen LogP contribution in [0.15, 0.2) is 18.2 Å². The molecular formula is C14H20N2O2. The first-order valence-electron chi connectivity index (χ1n) is 6.15. The highest BCUT2D eigenvalue weighted by atomic mass is 16.5. The second-order valence-corrected chi connectivity index (χ2v) is 4.09. The fraction of sp³-hybridized carbons (Fsp3) is 0.500. The van der Waals surface area contributed by atoms with Crippen LogP contribution in [0.25, 0.3) is 0 Å². The highest BCUT2D eigenvalue weighted by Crippen LogP contribution is 2.20. The summed E-state index contributed by atoms with van der Waals surface area (Å²) in [5.74, 6) is 0.619. The molecule has 0 spiro atoms. The maximum Gasteiger partial charge on any atom is 0.136 e. The highest BCUT2D eigenvalue weighted by Gasteiger charge is 2.07. The standard InChI is InChI=1S/C14H20N2O2/c1-3-16(7-4-8-17)11-12-5-6-13(10-15)14(9-12)18-2/h5-6,9,17H,3-4,7-8,11H2,1-2H3. The van der Waals surface area contributed by atoms with Gasteiger partial charge in [0.1, 0.15) is 11.8 Å². The lowest BCUT2D eigenvalue weighted by Gasteiger charge is -2.20. The van der Waals surface area contributed by atoms with Crippen molar-refractivity contribution < 1.29 is 9.84 Å². The fourth-order valence-electron chi connectivity index (χ4n) is 1.83. The average Bonchev–Trinajstić information content (AvgIpc) is 2.43. The summed E-state index contributed by atoms with van der Waals surface area (Å²) < 4.78 is 5.19. The molecule has 0 aliphatic heterocycles. The van der Waals surface area contributed by atoms with Gasteiger partial charge in [-0.2, -0.15) is 5.26 Å². The molecule has 4 heteroatoms. The average molecular weight is 248 g/mol. The van der Waals surface area contributed by atoms with E-state index in [4.69, 9.17) is 15.1 Å². The van der Waals surface area contributed by atoms with Crippen LogP contribution < -0.4 is 4.74 Å². The number of hydrogen-bond donors (Lipinski definition) is 1. The molecule has 1 aromatic rings. The number of benzene rings is 1. The Bertz CT molecular complexity index is 413. The second-order valence-electron chi connectivity index (χ2n) is 4.09. The normalized spacial score (nSPS) is 10.4. The number of nitrogens with zero attached hydrogens (tertiary/aromatic N) is 2. The third-order valence-electron chi connectivity index (χ3n) is 2.87. The summed E-state index contributed by atoms with van der Waals surface area (Å²) in [5, 5.41) is 17.8. The fourth-order valence-corrected chi connectivity index (χ4v) is 1.83. The summed E-state index contributed by atoms with van der Waals surface area (Å²) in [6, 6.07) is 7.74. The minimum absolute atomic E-state index is 0.215. The Balaban J connectivity index is 2.74. The van der Waals surface area contributed by atoms with Crippen molar-refractivity contribution in [2.45, 2.75) is 19.9 Å². The number of aliphatic hydroxyl groups is 1. The first kappa shape index (κ1) is 14.5. The maximum absolute atomic E-state index is 8.92. The molecule has 0 unspecified atom stereocenters. The zero-order chi connectivity index (χ0) is 13.4. The molecule has 1 rings (SSSR count). The van der Waals surface area contributed by atoms with Crippen molar-refractivity contribution in [2.24, 2.45) is 0 Å². The summed E-state index contributed by atoms with van der Waals surface area (Å²) in [6.45, 7) is 4.92. The van der Waals surface area contributed by atoms with E-state index in [1.807, 2.05) is 12.1 Å². The van der Waals surface area contributed by atoms with Crippen LogP contribution in [-0.2, 0) is 6.54 Å². The third-order valence-corrected chi connectivity index (χ3v) is 2.87. The zero-order valence-corrected chi connectivity index (χ0v) is 11.0. The van der Waals surface area contributed by atoms with E-state index < -0.39 is 0 Å². The molecule has 0 saturated carbocycles. The lowest BCUT2D eigenvalue weighted by Crippen LogP contribution is -2.24. The lowest BCUT2D eigenvalue weighted by molar-refractivity contribution is 0.225. The molecule has 0 aromatic heterocycles. The van der Waals surface area contributed by atoms with Crippen LogP contribution in [0.5, 0.6) is 5.75 Å². The van der Waals surface area contributed by atoms with Gasteiger partial charge in [0.15, 0.2) is 0 Å². The Morgan fingerprint density at radius 3 is 2.78 bits per heavy atom. The van der Waals surface area contributed by atoms with E-state index in [2.05, 4.69) is 17.9 Å². The number of hydrogen-bond acceptors (Lipinski definition) is 4. The van der Waals surface area contributed by atoms with E-state index in [-0.39, 0.29) is 6.61 Å². The number of aliphatic hydroxyl groups excluding tert-OH is 1. The second kappa shape index (κ2) is 7.70. The van der Waals surface area contributed by atoms with Gasteiger partial charge in [0, 0.05) is 19.7 Å². The minimum atomic E-state index is 0.215. The van der Waals surface area contributed by atoms with Crippen molar-refractivity contribution in [3.05, 3.63) is 29.3 Å². The van der Waals surface area contributed by atoms with Crippen LogP contribution in [0.2, 0.25) is 0 Å². The van der Waals surface area contributed by atoms with Crippen molar-refractivity contribution in [1.29, 1.82) is 5.26 Å². The number of methoxy groups -OCH3 is 1. The largest absolute Gasteiger partial charge is 0.495 e. The van der Waals surface area contributed by atoms with Gasteiger partial charge in [-0.1, -0.05) is 13.0 Å². The topological polar surface area (TPSA) is 56.5 Å². The zero-order valence-electron chi connectivity index (χ0n) is 11.0. The van der Waals surface area contributed by atoms with E-state index >= 15 is 0 Å². The summed E-state index contributed by atoms with van der Waals surface area (Å²) in [7, 11) is 1.57. The monoisotopic (exact) mass is 248 g/mol. The van der Waals surface area contributed by atoms with E-state index in [0.717, 1.165) is 31.6 Å². The molecule has 4 nitrogen and oxygen atoms in total. The van der Waals surface area contributed by atoms with E-state index in [0.29, 0.717) is 11.3 Å². The Morgan fingerprint density at radius 1 is 1.44 bits per heavy atom. The van der Waals surface area contributed by atoms with Crippen LogP contribution in [0.3, 0.4) is 0 Å². The molecule has 0 fully saturated rings. The first-order valence-corrected chi connectivity index (χ1v) is 6.15. The van der Waals surface area contributed by atoms with Gasteiger partial charge in [0.05, 0.1) is 12.7 Å². The summed E-state index contributed by atoms with van der Waals surface area (Å²) in [5.41, 5.74) is 1.67.